The lowest BCUT2D eigenvalue weighted by Crippen LogP contribution is -1.87. The Labute approximate surface area is 74.0 Å². The summed E-state index contributed by atoms with van der Waals surface area (Å²) in [7, 11) is 0. The van der Waals surface area contributed by atoms with Crippen LogP contribution < -0.4 is 0 Å². The molecule has 0 saturated heterocycles. The van der Waals surface area contributed by atoms with Crippen LogP contribution in [0, 0.1) is 0 Å². The van der Waals surface area contributed by atoms with Gasteiger partial charge in [0.1, 0.15) is 0 Å². The van der Waals surface area contributed by atoms with E-state index in [4.69, 9.17) is 0 Å². The first-order valence-corrected chi connectivity index (χ1v) is 4.67. The van der Waals surface area contributed by atoms with Crippen LogP contribution in [-0.4, -0.2) is 0 Å². The lowest BCUT2D eigenvalue weighted by atomic mass is 9.98. The smallest absolute Gasteiger partial charge is 0.00884 e. The Morgan fingerprint density at radius 2 is 2.25 bits per heavy atom. The van der Waals surface area contributed by atoms with Crippen molar-refractivity contribution in [3.8, 4) is 0 Å². The Morgan fingerprint density at radius 1 is 1.33 bits per heavy atom. The molecule has 0 unspecified atom stereocenters. The largest absolute Gasteiger partial charge is 0.0801 e. The van der Waals surface area contributed by atoms with Gasteiger partial charge in [0, 0.05) is 0 Å². The molecule has 0 aromatic heterocycles. The summed E-state index contributed by atoms with van der Waals surface area (Å²) in [5, 5.41) is 0. The van der Waals surface area contributed by atoms with E-state index < -0.39 is 0 Å². The summed E-state index contributed by atoms with van der Waals surface area (Å²) in [6.07, 6.45) is 14.7. The third-order valence-corrected chi connectivity index (χ3v) is 2.53. The van der Waals surface area contributed by atoms with Crippen LogP contribution in [0.1, 0.15) is 26.2 Å². The van der Waals surface area contributed by atoms with Gasteiger partial charge < -0.3 is 0 Å². The maximum Gasteiger partial charge on any atom is -0.00884 e. The van der Waals surface area contributed by atoms with Crippen molar-refractivity contribution in [2.45, 2.75) is 26.2 Å². The average Bonchev–Trinajstić information content (AvgIpc) is 2.74. The molecule has 0 N–H and O–H groups in total. The molecular weight excluding hydrogens is 144 g/mol. The lowest BCUT2D eigenvalue weighted by molar-refractivity contribution is 1.10. The second-order valence-corrected chi connectivity index (χ2v) is 3.26. The highest BCUT2D eigenvalue weighted by atomic mass is 14.2. The summed E-state index contributed by atoms with van der Waals surface area (Å²) in [4.78, 5) is 0. The summed E-state index contributed by atoms with van der Waals surface area (Å²) in [6, 6.07) is 0. The third kappa shape index (κ3) is 1.18. The van der Waals surface area contributed by atoms with Crippen LogP contribution in [0.25, 0.3) is 0 Å². The van der Waals surface area contributed by atoms with Gasteiger partial charge in [-0.15, -0.1) is 0 Å². The molecule has 0 heteroatoms. The molecule has 2 aliphatic rings. The molecule has 2 rings (SSSR count). The van der Waals surface area contributed by atoms with Gasteiger partial charge in [-0.2, -0.15) is 0 Å². The molecule has 12 heavy (non-hydrogen) atoms. The van der Waals surface area contributed by atoms with Crippen LogP contribution in [0.5, 0.6) is 0 Å². The highest BCUT2D eigenvalue weighted by molar-refractivity contribution is 5.53. The summed E-state index contributed by atoms with van der Waals surface area (Å²) in [6.45, 7) is 2.23. The molecule has 0 heterocycles. The summed E-state index contributed by atoms with van der Waals surface area (Å²) >= 11 is 0. The summed E-state index contributed by atoms with van der Waals surface area (Å²) in [5.74, 6) is 0. The van der Waals surface area contributed by atoms with Crippen LogP contribution in [0.4, 0.5) is 0 Å². The maximum atomic E-state index is 2.34. The van der Waals surface area contributed by atoms with E-state index >= 15 is 0 Å². The normalized spacial score (nSPS) is 20.9. The Morgan fingerprint density at radius 3 is 2.92 bits per heavy atom. The second kappa shape index (κ2) is 3.14. The van der Waals surface area contributed by atoms with E-state index in [0.717, 1.165) is 12.8 Å². The SMILES string of the molecule is CCC1=CCC=C1C1=CC=CC1. The van der Waals surface area contributed by atoms with Crippen LogP contribution in [-0.2, 0) is 0 Å². The highest BCUT2D eigenvalue weighted by Gasteiger charge is 2.12. The van der Waals surface area contributed by atoms with E-state index in [0.29, 0.717) is 0 Å². The van der Waals surface area contributed by atoms with Gasteiger partial charge in [-0.05, 0) is 36.0 Å². The van der Waals surface area contributed by atoms with Crippen LogP contribution >= 0.6 is 0 Å². The Bertz CT molecular complexity index is 298. The van der Waals surface area contributed by atoms with Crippen molar-refractivity contribution >= 4 is 0 Å². The Kier molecular flexibility index (Phi) is 1.99. The van der Waals surface area contributed by atoms with Gasteiger partial charge in [0.15, 0.2) is 0 Å². The minimum Gasteiger partial charge on any atom is -0.0801 e. The standard InChI is InChI=1S/C12H14/c1-2-10-8-5-9-12(10)11-6-3-4-7-11/h3-4,6,8-9H,2,5,7H2,1H3. The zero-order valence-electron chi connectivity index (χ0n) is 7.51. The first-order valence-electron chi connectivity index (χ1n) is 4.67. The van der Waals surface area contributed by atoms with E-state index in [1.165, 1.54) is 23.1 Å². The Balaban J connectivity index is 2.20. The lowest BCUT2D eigenvalue weighted by Gasteiger charge is -2.06. The Hall–Kier alpha value is -1.04. The molecule has 0 spiro atoms. The van der Waals surface area contributed by atoms with Gasteiger partial charge in [-0.25, -0.2) is 0 Å². The van der Waals surface area contributed by atoms with Gasteiger partial charge in [0.2, 0.25) is 0 Å². The van der Waals surface area contributed by atoms with Crippen molar-refractivity contribution in [1.82, 2.24) is 0 Å². The maximum absolute atomic E-state index is 2.34. The minimum atomic E-state index is 1.13. The molecule has 2 aliphatic carbocycles. The van der Waals surface area contributed by atoms with Crippen molar-refractivity contribution in [1.29, 1.82) is 0 Å². The number of hydrogen-bond donors (Lipinski definition) is 0. The van der Waals surface area contributed by atoms with Crippen molar-refractivity contribution in [3.05, 3.63) is 47.1 Å². The molecule has 0 aromatic rings. The molecule has 62 valence electrons. The van der Waals surface area contributed by atoms with Crippen LogP contribution in [0.15, 0.2) is 47.1 Å². The van der Waals surface area contributed by atoms with Gasteiger partial charge in [-0.3, -0.25) is 0 Å². The first-order chi connectivity index (χ1) is 5.92. The quantitative estimate of drug-likeness (QED) is 0.576. The van der Waals surface area contributed by atoms with Crippen LogP contribution in [0.3, 0.4) is 0 Å². The predicted octanol–water partition coefficient (Wildman–Crippen LogP) is 3.54. The van der Waals surface area contributed by atoms with E-state index in [1.54, 1.807) is 0 Å². The zero-order chi connectivity index (χ0) is 8.39. The predicted molar refractivity (Wildman–Crippen MR) is 52.9 cm³/mol. The molecule has 0 aromatic carbocycles. The van der Waals surface area contributed by atoms with E-state index in [2.05, 4.69) is 37.3 Å². The second-order valence-electron chi connectivity index (χ2n) is 3.26. The molecule has 0 amide bonds. The number of allylic oxidation sites excluding steroid dienone is 8. The first kappa shape index (κ1) is 7.60. The summed E-state index contributed by atoms with van der Waals surface area (Å²) in [5.41, 5.74) is 4.54. The van der Waals surface area contributed by atoms with Crippen molar-refractivity contribution in [2.24, 2.45) is 0 Å². The van der Waals surface area contributed by atoms with E-state index in [9.17, 15) is 0 Å². The fourth-order valence-electron chi connectivity index (χ4n) is 1.88. The van der Waals surface area contributed by atoms with E-state index in [-0.39, 0.29) is 0 Å². The minimum absolute atomic E-state index is 1.13. The van der Waals surface area contributed by atoms with E-state index in [1.807, 2.05) is 0 Å². The fraction of sp³-hybridized carbons (Fsp3) is 0.333. The molecule has 0 nitrogen and oxygen atoms in total. The third-order valence-electron chi connectivity index (χ3n) is 2.53. The molecule has 0 aliphatic heterocycles. The van der Waals surface area contributed by atoms with Gasteiger partial charge >= 0.3 is 0 Å². The molecule has 0 atom stereocenters. The average molecular weight is 158 g/mol. The number of rotatable bonds is 2. The fourth-order valence-corrected chi connectivity index (χ4v) is 1.88. The van der Waals surface area contributed by atoms with Crippen molar-refractivity contribution < 1.29 is 0 Å². The monoisotopic (exact) mass is 158 g/mol. The van der Waals surface area contributed by atoms with Crippen molar-refractivity contribution in [3.63, 3.8) is 0 Å². The number of hydrogen-bond acceptors (Lipinski definition) is 0. The molecule has 0 radical (unpaired) electrons. The van der Waals surface area contributed by atoms with Crippen LogP contribution in [0.2, 0.25) is 0 Å². The molecule has 0 bridgehead atoms. The topological polar surface area (TPSA) is 0 Å². The van der Waals surface area contributed by atoms with Crippen molar-refractivity contribution in [2.75, 3.05) is 0 Å². The molecular formula is C12H14. The molecule has 0 saturated carbocycles. The van der Waals surface area contributed by atoms with Gasteiger partial charge in [0.25, 0.3) is 0 Å². The zero-order valence-corrected chi connectivity index (χ0v) is 7.51. The van der Waals surface area contributed by atoms with Gasteiger partial charge in [0.05, 0.1) is 0 Å². The van der Waals surface area contributed by atoms with Gasteiger partial charge in [-0.1, -0.05) is 37.3 Å². The highest BCUT2D eigenvalue weighted by Crippen LogP contribution is 2.31. The molecule has 0 fully saturated rings. The summed E-state index contributed by atoms with van der Waals surface area (Å²) < 4.78 is 0.